The van der Waals surface area contributed by atoms with Gasteiger partial charge >= 0.3 is 0 Å². The fourth-order valence-electron chi connectivity index (χ4n) is 2.52. The largest absolute Gasteiger partial charge is 0.345 e. The molecule has 0 bridgehead atoms. The Bertz CT molecular complexity index is 1100. The van der Waals surface area contributed by atoms with Crippen LogP contribution >= 0.6 is 23.6 Å². The molecule has 0 atom stereocenters. The topological polar surface area (TPSA) is 109 Å². The Hall–Kier alpha value is -2.34. The second-order valence-electron chi connectivity index (χ2n) is 5.80. The number of hydrogen-bond acceptors (Lipinski definition) is 6. The summed E-state index contributed by atoms with van der Waals surface area (Å²) in [5.74, 6) is 0.296. The average molecular weight is 438 g/mol. The van der Waals surface area contributed by atoms with Crippen molar-refractivity contribution in [3.8, 4) is 0 Å². The molecule has 3 N–H and O–H groups in total. The summed E-state index contributed by atoms with van der Waals surface area (Å²) in [6, 6.07) is 9.50. The number of thiophene rings is 1. The van der Waals surface area contributed by atoms with Crippen LogP contribution in [0.5, 0.6) is 0 Å². The van der Waals surface area contributed by atoms with Gasteiger partial charge in [-0.15, -0.1) is 11.3 Å². The Kier molecular flexibility index (Phi) is 6.39. The molecular weight excluding hydrogens is 418 g/mol. The van der Waals surface area contributed by atoms with Crippen molar-refractivity contribution in [2.45, 2.75) is 31.5 Å². The van der Waals surface area contributed by atoms with E-state index in [-0.39, 0.29) is 23.9 Å². The summed E-state index contributed by atoms with van der Waals surface area (Å²) in [7, 11) is -3.64. The summed E-state index contributed by atoms with van der Waals surface area (Å²) >= 11 is 6.59. The molecule has 11 heteroatoms. The number of rotatable bonds is 8. The lowest BCUT2D eigenvalue weighted by atomic mass is 10.2. The highest BCUT2D eigenvalue weighted by atomic mass is 32.2. The molecule has 0 unspecified atom stereocenters. The molecule has 28 heavy (non-hydrogen) atoms. The average Bonchev–Trinajstić information content (AvgIpc) is 3.34. The molecule has 0 saturated heterocycles. The predicted octanol–water partition coefficient (Wildman–Crippen LogP) is 2.43. The minimum absolute atomic E-state index is 0.104. The fraction of sp³-hybridized carbons (Fsp3) is 0.235. The molecular formula is C17H19N5O3S3. The van der Waals surface area contributed by atoms with Gasteiger partial charge in [-0.25, -0.2) is 13.1 Å². The molecule has 3 rings (SSSR count). The van der Waals surface area contributed by atoms with Gasteiger partial charge in [0.05, 0.1) is 11.4 Å². The van der Waals surface area contributed by atoms with E-state index in [4.69, 9.17) is 12.2 Å². The highest BCUT2D eigenvalue weighted by molar-refractivity contribution is 7.89. The first-order valence-electron chi connectivity index (χ1n) is 8.45. The molecule has 0 radical (unpaired) electrons. The quantitative estimate of drug-likeness (QED) is 0.469. The van der Waals surface area contributed by atoms with Crippen LogP contribution < -0.4 is 10.0 Å². The molecule has 0 fully saturated rings. The highest BCUT2D eigenvalue weighted by Gasteiger charge is 2.15. The first-order chi connectivity index (χ1) is 13.4. The van der Waals surface area contributed by atoms with Crippen molar-refractivity contribution < 1.29 is 13.2 Å². The van der Waals surface area contributed by atoms with Crippen molar-refractivity contribution in [1.29, 1.82) is 0 Å². The van der Waals surface area contributed by atoms with Gasteiger partial charge in [-0.3, -0.25) is 9.89 Å². The number of H-pyrrole nitrogens is 1. The lowest BCUT2D eigenvalue weighted by Crippen LogP contribution is -2.25. The molecule has 1 aromatic carbocycles. The maximum absolute atomic E-state index is 12.4. The van der Waals surface area contributed by atoms with Crippen LogP contribution in [0.3, 0.4) is 0 Å². The van der Waals surface area contributed by atoms with Crippen molar-refractivity contribution in [3.05, 3.63) is 62.8 Å². The Balaban J connectivity index is 1.62. The number of hydrogen-bond donors (Lipinski definition) is 3. The summed E-state index contributed by atoms with van der Waals surface area (Å²) in [5, 5.41) is 11.4. The standard InChI is InChI=1S/C17H19N5O3S3/c1-2-22-15(20-21-17(22)26)11-18-16(23)12-5-7-14(8-6-12)28(24,25)19-10-13-4-3-9-27-13/h3-9,19H,2,10-11H2,1H3,(H,18,23)(H,21,26). The number of benzene rings is 1. The van der Waals surface area contributed by atoms with Crippen LogP contribution in [0, 0.1) is 4.77 Å². The Morgan fingerprint density at radius 3 is 2.64 bits per heavy atom. The smallest absolute Gasteiger partial charge is 0.251 e. The van der Waals surface area contributed by atoms with E-state index in [1.165, 1.54) is 35.6 Å². The third-order valence-electron chi connectivity index (χ3n) is 4.00. The molecule has 0 aliphatic carbocycles. The van der Waals surface area contributed by atoms with Gasteiger partial charge in [0, 0.05) is 23.5 Å². The van der Waals surface area contributed by atoms with Crippen LogP contribution in [0.25, 0.3) is 0 Å². The van der Waals surface area contributed by atoms with Crippen LogP contribution in [-0.2, 0) is 29.7 Å². The lowest BCUT2D eigenvalue weighted by Gasteiger charge is -2.08. The third-order valence-corrected chi connectivity index (χ3v) is 6.61. The maximum atomic E-state index is 12.4. The van der Waals surface area contributed by atoms with Gasteiger partial charge in [0.15, 0.2) is 10.6 Å². The van der Waals surface area contributed by atoms with Gasteiger partial charge in [0.1, 0.15) is 0 Å². The zero-order chi connectivity index (χ0) is 20.1. The van der Waals surface area contributed by atoms with Gasteiger partial charge < -0.3 is 9.88 Å². The Morgan fingerprint density at radius 2 is 2.00 bits per heavy atom. The van der Waals surface area contributed by atoms with Crippen LogP contribution in [0.2, 0.25) is 0 Å². The molecule has 3 aromatic rings. The monoisotopic (exact) mass is 437 g/mol. The normalized spacial score (nSPS) is 11.5. The minimum atomic E-state index is -3.64. The predicted molar refractivity (Wildman–Crippen MR) is 109 cm³/mol. The van der Waals surface area contributed by atoms with E-state index in [2.05, 4.69) is 20.2 Å². The highest BCUT2D eigenvalue weighted by Crippen LogP contribution is 2.13. The molecule has 2 aromatic heterocycles. The second kappa shape index (κ2) is 8.78. The van der Waals surface area contributed by atoms with Gasteiger partial charge in [0.2, 0.25) is 10.0 Å². The number of carbonyl (C=O) groups is 1. The van der Waals surface area contributed by atoms with Crippen molar-refractivity contribution >= 4 is 39.5 Å². The summed E-state index contributed by atoms with van der Waals surface area (Å²) < 4.78 is 29.5. The van der Waals surface area contributed by atoms with Crippen LogP contribution in [0.15, 0.2) is 46.7 Å². The van der Waals surface area contributed by atoms with Crippen molar-refractivity contribution in [2.24, 2.45) is 0 Å². The summed E-state index contributed by atoms with van der Waals surface area (Å²) in [5.41, 5.74) is 0.356. The maximum Gasteiger partial charge on any atom is 0.251 e. The molecule has 148 valence electrons. The number of amides is 1. The fourth-order valence-corrected chi connectivity index (χ4v) is 4.54. The number of aromatic amines is 1. The lowest BCUT2D eigenvalue weighted by molar-refractivity contribution is 0.0949. The second-order valence-corrected chi connectivity index (χ2v) is 8.99. The molecule has 0 spiro atoms. The van der Waals surface area contributed by atoms with Crippen LogP contribution in [-0.4, -0.2) is 29.1 Å². The first-order valence-corrected chi connectivity index (χ1v) is 11.2. The number of carbonyl (C=O) groups excluding carboxylic acids is 1. The third kappa shape index (κ3) is 4.73. The van der Waals surface area contributed by atoms with Crippen LogP contribution in [0.4, 0.5) is 0 Å². The van der Waals surface area contributed by atoms with Crippen molar-refractivity contribution in [1.82, 2.24) is 24.8 Å². The number of aromatic nitrogens is 3. The number of nitrogens with zero attached hydrogens (tertiary/aromatic N) is 2. The summed E-state index contributed by atoms with van der Waals surface area (Å²) in [6.45, 7) is 3.02. The number of sulfonamides is 1. The number of nitrogens with one attached hydrogen (secondary N) is 3. The van der Waals surface area contributed by atoms with Crippen molar-refractivity contribution in [3.63, 3.8) is 0 Å². The first kappa shape index (κ1) is 20.4. The summed E-state index contributed by atoms with van der Waals surface area (Å²) in [4.78, 5) is 13.3. The van der Waals surface area contributed by atoms with Gasteiger partial charge in [-0.2, -0.15) is 5.10 Å². The molecule has 0 aliphatic rings. The van der Waals surface area contributed by atoms with E-state index in [1.54, 1.807) is 4.57 Å². The zero-order valence-electron chi connectivity index (χ0n) is 15.0. The van der Waals surface area contributed by atoms with E-state index in [0.717, 1.165) is 4.88 Å². The molecule has 1 amide bonds. The minimum Gasteiger partial charge on any atom is -0.345 e. The van der Waals surface area contributed by atoms with E-state index in [1.807, 2.05) is 24.4 Å². The molecule has 8 nitrogen and oxygen atoms in total. The summed E-state index contributed by atoms with van der Waals surface area (Å²) in [6.07, 6.45) is 0. The van der Waals surface area contributed by atoms with Crippen LogP contribution in [0.1, 0.15) is 28.0 Å². The van der Waals surface area contributed by atoms with E-state index >= 15 is 0 Å². The molecule has 0 saturated carbocycles. The van der Waals surface area contributed by atoms with E-state index in [9.17, 15) is 13.2 Å². The van der Waals surface area contributed by atoms with Gasteiger partial charge in [0.25, 0.3) is 5.91 Å². The molecule has 0 aliphatic heterocycles. The van der Waals surface area contributed by atoms with Crippen molar-refractivity contribution in [2.75, 3.05) is 0 Å². The zero-order valence-corrected chi connectivity index (χ0v) is 17.5. The van der Waals surface area contributed by atoms with Gasteiger partial charge in [-0.1, -0.05) is 6.07 Å². The Morgan fingerprint density at radius 1 is 1.25 bits per heavy atom. The molecule has 2 heterocycles. The van der Waals surface area contributed by atoms with E-state index in [0.29, 0.717) is 22.7 Å². The van der Waals surface area contributed by atoms with Gasteiger partial charge in [-0.05, 0) is 54.9 Å². The Labute approximate surface area is 171 Å². The van der Waals surface area contributed by atoms with E-state index < -0.39 is 10.0 Å². The SMILES string of the molecule is CCn1c(CNC(=O)c2ccc(S(=O)(=O)NCc3cccs3)cc2)n[nH]c1=S.